The molecule has 1 unspecified atom stereocenters. The number of nitrogens with one attached hydrogen (secondary N) is 1. The number of furan rings is 1. The number of hydrogen-bond donors (Lipinski definition) is 2. The summed E-state index contributed by atoms with van der Waals surface area (Å²) in [6.07, 6.45) is 2.85. The van der Waals surface area contributed by atoms with Crippen LogP contribution in [0.5, 0.6) is 0 Å². The first-order chi connectivity index (χ1) is 14.2. The van der Waals surface area contributed by atoms with E-state index in [4.69, 9.17) is 10.2 Å². The number of nitrogens with two attached hydrogens (primary N) is 1. The molecule has 1 aromatic heterocycles. The normalized spacial score (nSPS) is 17.2. The van der Waals surface area contributed by atoms with Gasteiger partial charge in [0.2, 0.25) is 15.9 Å². The molecule has 1 aromatic carbocycles. The van der Waals surface area contributed by atoms with Gasteiger partial charge in [-0.2, -0.15) is 0 Å². The van der Waals surface area contributed by atoms with Gasteiger partial charge in [0.1, 0.15) is 5.76 Å². The predicted octanol–water partition coefficient (Wildman–Crippen LogP) is 1.48. The Labute approximate surface area is 175 Å². The molecule has 3 N–H and O–H groups in total. The number of rotatable bonds is 7. The maximum atomic E-state index is 13.1. The Morgan fingerprint density at radius 3 is 2.70 bits per heavy atom. The Morgan fingerprint density at radius 1 is 1.30 bits per heavy atom. The summed E-state index contributed by atoms with van der Waals surface area (Å²) >= 11 is 0. The number of sulfonamides is 1. The summed E-state index contributed by atoms with van der Waals surface area (Å²) in [5.41, 5.74) is 6.11. The van der Waals surface area contributed by atoms with Gasteiger partial charge in [0, 0.05) is 38.4 Å². The van der Waals surface area contributed by atoms with Crippen LogP contribution in [-0.4, -0.2) is 56.6 Å². The lowest BCUT2D eigenvalue weighted by Gasteiger charge is -2.31. The molecule has 2 amide bonds. The van der Waals surface area contributed by atoms with Crippen LogP contribution in [0, 0.1) is 5.92 Å². The van der Waals surface area contributed by atoms with Gasteiger partial charge in [0.15, 0.2) is 0 Å². The number of likely N-dealkylation sites (tertiary alicyclic amines) is 1. The van der Waals surface area contributed by atoms with E-state index in [9.17, 15) is 18.0 Å². The highest BCUT2D eigenvalue weighted by Crippen LogP contribution is 2.25. The van der Waals surface area contributed by atoms with Crippen LogP contribution >= 0.6 is 0 Å². The number of hydrogen-bond acceptors (Lipinski definition) is 6. The molecule has 9 nitrogen and oxygen atoms in total. The standard InChI is InChI=1S/C20H26N4O5S/c1-23(2)30(27,28)18-10-15(9-16(11-18)22-12-17-6-4-8-29-17)20(26)24-7-3-5-14(13-24)19(21)25/h4,6,8-11,14,22H,3,5,7,12-13H2,1-2H3,(H2,21,25). The molecule has 0 spiro atoms. The fourth-order valence-corrected chi connectivity index (χ4v) is 4.34. The molecule has 0 aliphatic carbocycles. The average molecular weight is 435 g/mol. The highest BCUT2D eigenvalue weighted by Gasteiger charge is 2.29. The Hall–Kier alpha value is -2.85. The van der Waals surface area contributed by atoms with Gasteiger partial charge >= 0.3 is 0 Å². The van der Waals surface area contributed by atoms with Gasteiger partial charge in [0.25, 0.3) is 5.91 Å². The number of carbonyl (C=O) groups excluding carboxylic acids is 2. The van der Waals surface area contributed by atoms with Crippen molar-refractivity contribution in [3.8, 4) is 0 Å². The van der Waals surface area contributed by atoms with Crippen LogP contribution in [0.15, 0.2) is 45.9 Å². The number of piperidine rings is 1. The molecular formula is C20H26N4O5S. The minimum atomic E-state index is -3.76. The summed E-state index contributed by atoms with van der Waals surface area (Å²) in [6.45, 7) is 1.05. The summed E-state index contributed by atoms with van der Waals surface area (Å²) in [6, 6.07) is 8.00. The molecular weight excluding hydrogens is 408 g/mol. The molecule has 0 radical (unpaired) electrons. The van der Waals surface area contributed by atoms with E-state index < -0.39 is 21.8 Å². The first-order valence-corrected chi connectivity index (χ1v) is 11.0. The van der Waals surface area contributed by atoms with Crippen molar-refractivity contribution in [2.45, 2.75) is 24.3 Å². The van der Waals surface area contributed by atoms with E-state index >= 15 is 0 Å². The first kappa shape index (κ1) is 21.8. The lowest BCUT2D eigenvalue weighted by atomic mass is 9.97. The van der Waals surface area contributed by atoms with E-state index in [0.29, 0.717) is 37.4 Å². The van der Waals surface area contributed by atoms with Crippen LogP contribution < -0.4 is 11.1 Å². The van der Waals surface area contributed by atoms with Crippen molar-refractivity contribution in [3.05, 3.63) is 47.9 Å². The van der Waals surface area contributed by atoms with Crippen molar-refractivity contribution in [1.29, 1.82) is 0 Å². The van der Waals surface area contributed by atoms with Crippen molar-refractivity contribution in [2.75, 3.05) is 32.5 Å². The fraction of sp³-hybridized carbons (Fsp3) is 0.400. The molecule has 30 heavy (non-hydrogen) atoms. The molecule has 1 aliphatic heterocycles. The van der Waals surface area contributed by atoms with E-state index in [1.165, 1.54) is 26.2 Å². The van der Waals surface area contributed by atoms with E-state index in [-0.39, 0.29) is 22.9 Å². The molecule has 0 saturated carbocycles. The molecule has 0 bridgehead atoms. The zero-order valence-electron chi connectivity index (χ0n) is 17.0. The third-order valence-corrected chi connectivity index (χ3v) is 6.88. The van der Waals surface area contributed by atoms with Gasteiger partial charge in [-0.1, -0.05) is 0 Å². The van der Waals surface area contributed by atoms with Crippen molar-refractivity contribution < 1.29 is 22.4 Å². The number of nitrogens with zero attached hydrogens (tertiary/aromatic N) is 2. The summed E-state index contributed by atoms with van der Waals surface area (Å²) < 4.78 is 31.8. The van der Waals surface area contributed by atoms with Crippen molar-refractivity contribution >= 4 is 27.5 Å². The van der Waals surface area contributed by atoms with E-state index in [2.05, 4.69) is 5.32 Å². The highest BCUT2D eigenvalue weighted by molar-refractivity contribution is 7.89. The zero-order chi connectivity index (χ0) is 21.9. The number of amides is 2. The third kappa shape index (κ3) is 4.82. The van der Waals surface area contributed by atoms with Gasteiger partial charge in [-0.15, -0.1) is 0 Å². The monoisotopic (exact) mass is 434 g/mol. The van der Waals surface area contributed by atoms with E-state index in [1.807, 2.05) is 0 Å². The molecule has 1 fully saturated rings. The zero-order valence-corrected chi connectivity index (χ0v) is 17.8. The molecule has 1 atom stereocenters. The SMILES string of the molecule is CN(C)S(=O)(=O)c1cc(NCc2ccco2)cc(C(=O)N2CCCC(C(N)=O)C2)c1. The Morgan fingerprint density at radius 2 is 2.07 bits per heavy atom. The lowest BCUT2D eigenvalue weighted by molar-refractivity contribution is -0.123. The third-order valence-electron chi connectivity index (χ3n) is 5.09. The van der Waals surface area contributed by atoms with Crippen molar-refractivity contribution in [3.63, 3.8) is 0 Å². The lowest BCUT2D eigenvalue weighted by Crippen LogP contribution is -2.44. The second-order valence-corrected chi connectivity index (χ2v) is 9.61. The molecule has 2 aromatic rings. The van der Waals surface area contributed by atoms with E-state index in [1.54, 1.807) is 29.4 Å². The van der Waals surface area contributed by atoms with Crippen molar-refractivity contribution in [1.82, 2.24) is 9.21 Å². The van der Waals surface area contributed by atoms with E-state index in [0.717, 1.165) is 4.31 Å². The van der Waals surface area contributed by atoms with Crippen molar-refractivity contribution in [2.24, 2.45) is 11.7 Å². The molecule has 1 aliphatic rings. The van der Waals surface area contributed by atoms with Gasteiger partial charge in [-0.05, 0) is 43.2 Å². The second-order valence-electron chi connectivity index (χ2n) is 7.46. The minimum Gasteiger partial charge on any atom is -0.467 e. The first-order valence-electron chi connectivity index (χ1n) is 9.61. The molecule has 1 saturated heterocycles. The summed E-state index contributed by atoms with van der Waals surface area (Å²) in [4.78, 5) is 26.2. The van der Waals surface area contributed by atoms with Crippen LogP contribution in [-0.2, 0) is 21.4 Å². The number of anilines is 1. The van der Waals surface area contributed by atoms with Crippen LogP contribution in [0.1, 0.15) is 29.0 Å². The quantitative estimate of drug-likeness (QED) is 0.680. The largest absolute Gasteiger partial charge is 0.467 e. The Kier molecular flexibility index (Phi) is 6.47. The number of carbonyl (C=O) groups is 2. The molecule has 10 heteroatoms. The Balaban J connectivity index is 1.92. The van der Waals surface area contributed by atoms with Crippen LogP contribution in [0.4, 0.5) is 5.69 Å². The van der Waals surface area contributed by atoms with Crippen LogP contribution in [0.25, 0.3) is 0 Å². The summed E-state index contributed by atoms with van der Waals surface area (Å²) in [5, 5.41) is 3.10. The number of benzene rings is 1. The minimum absolute atomic E-state index is 0.00348. The van der Waals surface area contributed by atoms with Crippen LogP contribution in [0.3, 0.4) is 0 Å². The van der Waals surface area contributed by atoms with Gasteiger partial charge in [-0.25, -0.2) is 12.7 Å². The van der Waals surface area contributed by atoms with Gasteiger partial charge in [-0.3, -0.25) is 9.59 Å². The highest BCUT2D eigenvalue weighted by atomic mass is 32.2. The number of primary amides is 1. The smallest absolute Gasteiger partial charge is 0.253 e. The van der Waals surface area contributed by atoms with Gasteiger partial charge < -0.3 is 20.4 Å². The predicted molar refractivity (Wildman–Crippen MR) is 111 cm³/mol. The molecule has 162 valence electrons. The topological polar surface area (TPSA) is 126 Å². The molecule has 3 rings (SSSR count). The maximum Gasteiger partial charge on any atom is 0.253 e. The average Bonchev–Trinajstić information content (AvgIpc) is 3.25. The second kappa shape index (κ2) is 8.88. The van der Waals surface area contributed by atoms with Crippen LogP contribution in [0.2, 0.25) is 0 Å². The Bertz CT molecular complexity index is 1020. The summed E-state index contributed by atoms with van der Waals surface area (Å²) in [7, 11) is -0.893. The maximum absolute atomic E-state index is 13.1. The fourth-order valence-electron chi connectivity index (χ4n) is 3.36. The molecule has 2 heterocycles. The van der Waals surface area contributed by atoms with Gasteiger partial charge in [0.05, 0.1) is 23.6 Å². The summed E-state index contributed by atoms with van der Waals surface area (Å²) in [5.74, 6) is -0.493.